The number of carbonyl (C=O) groups excluding carboxylic acids is 1. The zero-order chi connectivity index (χ0) is 13.7. The summed E-state index contributed by atoms with van der Waals surface area (Å²) < 4.78 is 0. The second-order valence-corrected chi connectivity index (χ2v) is 3.84. The molecule has 0 aliphatic rings. The predicted molar refractivity (Wildman–Crippen MR) is 64.7 cm³/mol. The van der Waals surface area contributed by atoms with Crippen LogP contribution >= 0.6 is 0 Å². The highest BCUT2D eigenvalue weighted by atomic mass is 16.4. The van der Waals surface area contributed by atoms with Gasteiger partial charge in [-0.2, -0.15) is 0 Å². The van der Waals surface area contributed by atoms with Gasteiger partial charge in [-0.1, -0.05) is 12.1 Å². The third-order valence-corrected chi connectivity index (χ3v) is 2.41. The third-order valence-electron chi connectivity index (χ3n) is 2.41. The van der Waals surface area contributed by atoms with Gasteiger partial charge in [-0.25, -0.2) is 0 Å². The van der Waals surface area contributed by atoms with Crippen molar-refractivity contribution in [3.63, 3.8) is 0 Å². The molecule has 1 rings (SSSR count). The molecule has 0 aromatic heterocycles. The molecule has 18 heavy (non-hydrogen) atoms. The molecule has 7 heteroatoms. The minimum absolute atomic E-state index is 0.00423. The molecule has 1 aromatic rings. The van der Waals surface area contributed by atoms with E-state index in [0.29, 0.717) is 0 Å². The van der Waals surface area contributed by atoms with Crippen LogP contribution in [0.25, 0.3) is 0 Å². The average Bonchev–Trinajstić information content (AvgIpc) is 2.37. The molecule has 0 fully saturated rings. The van der Waals surface area contributed by atoms with Crippen LogP contribution in [0.4, 0.5) is 0 Å². The van der Waals surface area contributed by atoms with E-state index in [-0.39, 0.29) is 35.4 Å². The number of phenolic OH excluding ortho intramolecular Hbond substituents is 2. The largest absolute Gasteiger partial charge is 0.508 e. The van der Waals surface area contributed by atoms with Crippen LogP contribution in [0.15, 0.2) is 23.4 Å². The van der Waals surface area contributed by atoms with Crippen LogP contribution < -0.4 is 11.1 Å². The SMILES string of the molecule is CC(CNC(=O)c1cc(O)ccc1O)/C(N)=N/O. The molecule has 1 amide bonds. The van der Waals surface area contributed by atoms with E-state index >= 15 is 0 Å². The molecule has 7 nitrogen and oxygen atoms in total. The summed E-state index contributed by atoms with van der Waals surface area (Å²) in [6.07, 6.45) is 0. The maximum Gasteiger partial charge on any atom is 0.255 e. The fraction of sp³-hybridized carbons (Fsp3) is 0.273. The first kappa shape index (κ1) is 13.6. The number of nitrogens with one attached hydrogen (secondary N) is 1. The number of benzene rings is 1. The fourth-order valence-corrected chi connectivity index (χ4v) is 1.25. The minimum atomic E-state index is -0.555. The molecule has 1 atom stereocenters. The molecule has 6 N–H and O–H groups in total. The molecular weight excluding hydrogens is 238 g/mol. The first-order chi connectivity index (χ1) is 8.45. The van der Waals surface area contributed by atoms with Crippen molar-refractivity contribution in [2.75, 3.05) is 6.54 Å². The van der Waals surface area contributed by atoms with Crippen molar-refractivity contribution in [3.8, 4) is 11.5 Å². The summed E-state index contributed by atoms with van der Waals surface area (Å²) in [5.74, 6) is -1.26. The van der Waals surface area contributed by atoms with Crippen LogP contribution in [0.3, 0.4) is 0 Å². The lowest BCUT2D eigenvalue weighted by molar-refractivity contribution is 0.0948. The Morgan fingerprint density at radius 2 is 2.17 bits per heavy atom. The van der Waals surface area contributed by atoms with E-state index in [4.69, 9.17) is 10.9 Å². The summed E-state index contributed by atoms with van der Waals surface area (Å²) in [6.45, 7) is 1.81. The minimum Gasteiger partial charge on any atom is -0.508 e. The van der Waals surface area contributed by atoms with Crippen molar-refractivity contribution in [1.82, 2.24) is 5.32 Å². The van der Waals surface area contributed by atoms with Gasteiger partial charge in [-0.15, -0.1) is 0 Å². The first-order valence-electron chi connectivity index (χ1n) is 5.23. The number of hydrogen-bond donors (Lipinski definition) is 5. The van der Waals surface area contributed by atoms with Gasteiger partial charge in [-0.05, 0) is 18.2 Å². The Bertz CT molecular complexity index is 473. The number of amides is 1. The average molecular weight is 253 g/mol. The van der Waals surface area contributed by atoms with Crippen LogP contribution in [0.1, 0.15) is 17.3 Å². The van der Waals surface area contributed by atoms with E-state index in [2.05, 4.69) is 10.5 Å². The standard InChI is InChI=1S/C11H15N3O4/c1-6(10(12)14-18)5-13-11(17)8-4-7(15)2-3-9(8)16/h2-4,6,15-16,18H,5H2,1H3,(H2,12,14)(H,13,17). The maximum atomic E-state index is 11.7. The predicted octanol–water partition coefficient (Wildman–Crippen LogP) is 0.210. The number of carbonyl (C=O) groups is 1. The second-order valence-electron chi connectivity index (χ2n) is 3.84. The molecule has 0 saturated carbocycles. The van der Waals surface area contributed by atoms with Gasteiger partial charge in [0.15, 0.2) is 0 Å². The van der Waals surface area contributed by atoms with Crippen molar-refractivity contribution in [3.05, 3.63) is 23.8 Å². The summed E-state index contributed by atoms with van der Waals surface area (Å²) in [5, 5.41) is 32.5. The maximum absolute atomic E-state index is 11.7. The molecule has 0 aliphatic carbocycles. The number of amidine groups is 1. The number of hydrogen-bond acceptors (Lipinski definition) is 5. The van der Waals surface area contributed by atoms with Crippen LogP contribution in [0.5, 0.6) is 11.5 Å². The Kier molecular flexibility index (Phi) is 4.36. The van der Waals surface area contributed by atoms with E-state index in [1.807, 2.05) is 0 Å². The number of nitrogens with two attached hydrogens (primary N) is 1. The molecule has 98 valence electrons. The topological polar surface area (TPSA) is 128 Å². The Hall–Kier alpha value is -2.44. The molecule has 0 aliphatic heterocycles. The van der Waals surface area contributed by atoms with E-state index in [9.17, 15) is 15.0 Å². The van der Waals surface area contributed by atoms with Crippen LogP contribution in [-0.2, 0) is 0 Å². The number of oxime groups is 1. The highest BCUT2D eigenvalue weighted by Gasteiger charge is 2.14. The normalized spacial score (nSPS) is 13.1. The molecular formula is C11H15N3O4. The lowest BCUT2D eigenvalue weighted by Gasteiger charge is -2.11. The summed E-state index contributed by atoms with van der Waals surface area (Å²) in [5.41, 5.74) is 5.31. The summed E-state index contributed by atoms with van der Waals surface area (Å²) in [7, 11) is 0. The molecule has 0 spiro atoms. The Balaban J connectivity index is 2.69. The van der Waals surface area contributed by atoms with Crippen molar-refractivity contribution >= 4 is 11.7 Å². The third kappa shape index (κ3) is 3.27. The van der Waals surface area contributed by atoms with Crippen LogP contribution in [0.2, 0.25) is 0 Å². The number of aromatic hydroxyl groups is 2. The molecule has 0 saturated heterocycles. The molecule has 0 heterocycles. The van der Waals surface area contributed by atoms with E-state index < -0.39 is 5.91 Å². The Morgan fingerprint density at radius 3 is 2.78 bits per heavy atom. The lowest BCUT2D eigenvalue weighted by atomic mass is 10.1. The lowest BCUT2D eigenvalue weighted by Crippen LogP contribution is -2.34. The zero-order valence-electron chi connectivity index (χ0n) is 9.79. The monoisotopic (exact) mass is 253 g/mol. The van der Waals surface area contributed by atoms with E-state index in [0.717, 1.165) is 6.07 Å². The number of rotatable bonds is 4. The van der Waals surface area contributed by atoms with Crippen molar-refractivity contribution in [2.24, 2.45) is 16.8 Å². The highest BCUT2D eigenvalue weighted by molar-refractivity contribution is 5.97. The summed E-state index contributed by atoms with van der Waals surface area (Å²) in [4.78, 5) is 11.7. The van der Waals surface area contributed by atoms with Gasteiger partial charge in [0.25, 0.3) is 5.91 Å². The van der Waals surface area contributed by atoms with E-state index in [1.54, 1.807) is 6.92 Å². The Morgan fingerprint density at radius 1 is 1.50 bits per heavy atom. The molecule has 1 aromatic carbocycles. The van der Waals surface area contributed by atoms with Gasteiger partial charge in [0, 0.05) is 12.5 Å². The van der Waals surface area contributed by atoms with Crippen molar-refractivity contribution in [1.29, 1.82) is 0 Å². The van der Waals surface area contributed by atoms with Crippen molar-refractivity contribution < 1.29 is 20.2 Å². The van der Waals surface area contributed by atoms with Gasteiger partial charge in [-0.3, -0.25) is 4.79 Å². The second kappa shape index (κ2) is 5.76. The smallest absolute Gasteiger partial charge is 0.255 e. The quantitative estimate of drug-likeness (QED) is 0.172. The molecule has 1 unspecified atom stereocenters. The molecule has 0 radical (unpaired) electrons. The van der Waals surface area contributed by atoms with E-state index in [1.165, 1.54) is 12.1 Å². The van der Waals surface area contributed by atoms with Gasteiger partial charge in [0.05, 0.1) is 5.56 Å². The van der Waals surface area contributed by atoms with Gasteiger partial charge < -0.3 is 26.5 Å². The summed E-state index contributed by atoms with van der Waals surface area (Å²) in [6, 6.07) is 3.64. The summed E-state index contributed by atoms with van der Waals surface area (Å²) >= 11 is 0. The Labute approximate surface area is 104 Å². The highest BCUT2D eigenvalue weighted by Crippen LogP contribution is 2.21. The molecule has 0 bridgehead atoms. The fourth-order valence-electron chi connectivity index (χ4n) is 1.25. The first-order valence-corrected chi connectivity index (χ1v) is 5.23. The number of phenols is 2. The van der Waals surface area contributed by atoms with Gasteiger partial charge in [0.2, 0.25) is 0 Å². The van der Waals surface area contributed by atoms with Gasteiger partial charge >= 0.3 is 0 Å². The van der Waals surface area contributed by atoms with Crippen molar-refractivity contribution in [2.45, 2.75) is 6.92 Å². The van der Waals surface area contributed by atoms with Crippen LogP contribution in [-0.4, -0.2) is 33.7 Å². The zero-order valence-corrected chi connectivity index (χ0v) is 9.79. The number of nitrogens with zero attached hydrogens (tertiary/aromatic N) is 1. The van der Waals surface area contributed by atoms with Gasteiger partial charge in [0.1, 0.15) is 17.3 Å². The van der Waals surface area contributed by atoms with Crippen LogP contribution in [0, 0.1) is 5.92 Å².